The minimum Gasteiger partial charge on any atom is -0.497 e. The van der Waals surface area contributed by atoms with Gasteiger partial charge in [0.25, 0.3) is 0 Å². The van der Waals surface area contributed by atoms with Crippen molar-refractivity contribution in [3.63, 3.8) is 0 Å². The largest absolute Gasteiger partial charge is 0.497 e. The first kappa shape index (κ1) is 20.5. The lowest BCUT2D eigenvalue weighted by molar-refractivity contribution is -0.139. The summed E-state index contributed by atoms with van der Waals surface area (Å²) in [5, 5.41) is 0. The molecule has 0 spiro atoms. The number of ether oxygens (including phenoxy) is 2. The van der Waals surface area contributed by atoms with E-state index in [0.717, 1.165) is 56.4 Å². The van der Waals surface area contributed by atoms with Crippen molar-refractivity contribution < 1.29 is 19.1 Å². The van der Waals surface area contributed by atoms with Gasteiger partial charge in [0.05, 0.1) is 25.7 Å². The fraction of sp³-hybridized carbons (Fsp3) is 0.636. The molecule has 2 fully saturated rings. The number of carbonyl (C=O) groups is 2. The van der Waals surface area contributed by atoms with E-state index in [0.29, 0.717) is 19.7 Å². The molecule has 1 aromatic rings. The molecule has 0 aromatic heterocycles. The van der Waals surface area contributed by atoms with Crippen molar-refractivity contribution in [2.75, 3.05) is 33.4 Å². The highest BCUT2D eigenvalue weighted by Crippen LogP contribution is 2.33. The zero-order valence-corrected chi connectivity index (χ0v) is 17.1. The minimum atomic E-state index is -0.303. The lowest BCUT2D eigenvalue weighted by Crippen LogP contribution is -2.47. The first-order valence-electron chi connectivity index (χ1n) is 10.5. The quantitative estimate of drug-likeness (QED) is 0.782. The van der Waals surface area contributed by atoms with E-state index in [1.54, 1.807) is 18.9 Å². The Kier molecular flexibility index (Phi) is 7.18. The van der Waals surface area contributed by atoms with Crippen LogP contribution in [0.1, 0.15) is 57.1 Å². The van der Waals surface area contributed by atoms with Crippen molar-refractivity contribution in [2.24, 2.45) is 5.92 Å². The van der Waals surface area contributed by atoms with Crippen LogP contribution < -0.4 is 4.74 Å². The van der Waals surface area contributed by atoms with E-state index >= 15 is 0 Å². The number of nitrogens with zero attached hydrogens (tertiary/aromatic N) is 2. The fourth-order valence-electron chi connectivity index (χ4n) is 4.34. The van der Waals surface area contributed by atoms with Crippen molar-refractivity contribution in [1.29, 1.82) is 0 Å². The molecule has 0 N–H and O–H groups in total. The summed E-state index contributed by atoms with van der Waals surface area (Å²) in [5.74, 6) is 0.862. The first-order chi connectivity index (χ1) is 13.6. The van der Waals surface area contributed by atoms with Crippen LogP contribution in [0.3, 0.4) is 0 Å². The number of carbonyl (C=O) groups excluding carboxylic acids is 2. The zero-order valence-electron chi connectivity index (χ0n) is 17.1. The molecule has 0 aliphatic carbocycles. The lowest BCUT2D eigenvalue weighted by atomic mass is 9.94. The van der Waals surface area contributed by atoms with Crippen LogP contribution in [0.15, 0.2) is 24.3 Å². The van der Waals surface area contributed by atoms with E-state index in [1.807, 2.05) is 12.1 Å². The molecule has 3 rings (SSSR count). The Morgan fingerprint density at radius 3 is 2.54 bits per heavy atom. The third-order valence-corrected chi connectivity index (χ3v) is 5.83. The van der Waals surface area contributed by atoms with Gasteiger partial charge in [0.2, 0.25) is 5.91 Å². The summed E-state index contributed by atoms with van der Waals surface area (Å²) in [4.78, 5) is 29.3. The second-order valence-electron chi connectivity index (χ2n) is 7.65. The van der Waals surface area contributed by atoms with Crippen molar-refractivity contribution in [1.82, 2.24) is 9.80 Å². The molecule has 2 aliphatic rings. The summed E-state index contributed by atoms with van der Waals surface area (Å²) in [7, 11) is 1.66. The van der Waals surface area contributed by atoms with Crippen molar-refractivity contribution in [3.05, 3.63) is 29.8 Å². The Balaban J connectivity index is 1.75. The van der Waals surface area contributed by atoms with Crippen LogP contribution in [0, 0.1) is 5.92 Å². The Morgan fingerprint density at radius 1 is 1.04 bits per heavy atom. The van der Waals surface area contributed by atoms with E-state index < -0.39 is 0 Å². The molecular weight excluding hydrogens is 356 g/mol. The fourth-order valence-corrected chi connectivity index (χ4v) is 4.34. The third-order valence-electron chi connectivity index (χ3n) is 5.83. The number of piperidine rings is 1. The number of methoxy groups -OCH3 is 1. The normalized spacial score (nSPS) is 23.1. The van der Waals surface area contributed by atoms with Crippen molar-refractivity contribution >= 4 is 12.0 Å². The molecule has 154 valence electrons. The van der Waals surface area contributed by atoms with E-state index in [4.69, 9.17) is 9.47 Å². The lowest BCUT2D eigenvalue weighted by Gasteiger charge is -2.37. The van der Waals surface area contributed by atoms with Crippen LogP contribution in [0.25, 0.3) is 0 Å². The van der Waals surface area contributed by atoms with Gasteiger partial charge in [-0.2, -0.15) is 0 Å². The molecule has 0 bridgehead atoms. The summed E-state index contributed by atoms with van der Waals surface area (Å²) in [6, 6.07) is 8.17. The van der Waals surface area contributed by atoms with Crippen molar-refractivity contribution in [2.45, 2.75) is 51.5 Å². The van der Waals surface area contributed by atoms with Gasteiger partial charge in [-0.15, -0.1) is 0 Å². The molecule has 2 unspecified atom stereocenters. The Labute approximate surface area is 167 Å². The van der Waals surface area contributed by atoms with Crippen LogP contribution >= 0.6 is 0 Å². The molecule has 1 aromatic carbocycles. The van der Waals surface area contributed by atoms with Gasteiger partial charge in [0.1, 0.15) is 5.75 Å². The zero-order chi connectivity index (χ0) is 19.9. The summed E-state index contributed by atoms with van der Waals surface area (Å²) in [6.45, 7) is 4.08. The van der Waals surface area contributed by atoms with Gasteiger partial charge in [0.15, 0.2) is 0 Å². The van der Waals surface area contributed by atoms with Gasteiger partial charge >= 0.3 is 6.09 Å². The standard InChI is InChI=1S/C22H32N2O4/c1-3-28-22(26)23-14-7-8-18(16-23)21(25)24-15-6-4-5-9-20(24)17-10-12-19(27-2)13-11-17/h10-13,18,20H,3-9,14-16H2,1-2H3. The molecule has 2 amide bonds. The summed E-state index contributed by atoms with van der Waals surface area (Å²) in [6.07, 6.45) is 5.66. The SMILES string of the molecule is CCOC(=O)N1CCCC(C(=O)N2CCCCCC2c2ccc(OC)cc2)C1. The molecule has 28 heavy (non-hydrogen) atoms. The third kappa shape index (κ3) is 4.78. The predicted octanol–water partition coefficient (Wildman–Crippen LogP) is 4.01. The van der Waals surface area contributed by atoms with Crippen molar-refractivity contribution in [3.8, 4) is 5.75 Å². The maximum absolute atomic E-state index is 13.5. The highest BCUT2D eigenvalue weighted by atomic mass is 16.6. The molecule has 0 radical (unpaired) electrons. The van der Waals surface area contributed by atoms with E-state index in [1.165, 1.54) is 0 Å². The maximum Gasteiger partial charge on any atom is 0.409 e. The molecule has 2 atom stereocenters. The van der Waals surface area contributed by atoms with Gasteiger partial charge < -0.3 is 19.3 Å². The number of amides is 2. The van der Waals surface area contributed by atoms with Gasteiger partial charge in [-0.3, -0.25) is 4.79 Å². The molecule has 0 saturated carbocycles. The average Bonchev–Trinajstić information content (AvgIpc) is 2.99. The summed E-state index contributed by atoms with van der Waals surface area (Å²) >= 11 is 0. The number of likely N-dealkylation sites (tertiary alicyclic amines) is 2. The maximum atomic E-state index is 13.5. The molecule has 6 nitrogen and oxygen atoms in total. The molecule has 2 heterocycles. The average molecular weight is 389 g/mol. The Bertz CT molecular complexity index is 661. The van der Waals surface area contributed by atoms with E-state index in [-0.39, 0.29) is 24.0 Å². The van der Waals surface area contributed by atoms with E-state index in [2.05, 4.69) is 17.0 Å². The monoisotopic (exact) mass is 388 g/mol. The van der Waals surface area contributed by atoms with Gasteiger partial charge in [-0.05, 0) is 50.3 Å². The smallest absolute Gasteiger partial charge is 0.409 e. The molecule has 2 saturated heterocycles. The number of rotatable bonds is 4. The second-order valence-corrected chi connectivity index (χ2v) is 7.65. The number of hydrogen-bond donors (Lipinski definition) is 0. The van der Waals surface area contributed by atoms with Gasteiger partial charge in [0, 0.05) is 19.6 Å². The van der Waals surface area contributed by atoms with Crippen LogP contribution in [0.2, 0.25) is 0 Å². The van der Waals surface area contributed by atoms with Gasteiger partial charge in [-0.1, -0.05) is 25.0 Å². The molecule has 6 heteroatoms. The predicted molar refractivity (Wildman–Crippen MR) is 107 cm³/mol. The highest BCUT2D eigenvalue weighted by molar-refractivity contribution is 5.80. The first-order valence-corrected chi connectivity index (χ1v) is 10.5. The van der Waals surface area contributed by atoms with Crippen LogP contribution in [0.5, 0.6) is 5.75 Å². The van der Waals surface area contributed by atoms with Crippen LogP contribution in [0.4, 0.5) is 4.79 Å². The Hall–Kier alpha value is -2.24. The second kappa shape index (κ2) is 9.80. The summed E-state index contributed by atoms with van der Waals surface area (Å²) < 4.78 is 10.4. The van der Waals surface area contributed by atoms with Crippen LogP contribution in [-0.4, -0.2) is 55.2 Å². The van der Waals surface area contributed by atoms with Crippen LogP contribution in [-0.2, 0) is 9.53 Å². The topological polar surface area (TPSA) is 59.1 Å². The molecular formula is C22H32N2O4. The van der Waals surface area contributed by atoms with E-state index in [9.17, 15) is 9.59 Å². The number of hydrogen-bond acceptors (Lipinski definition) is 4. The van der Waals surface area contributed by atoms with Gasteiger partial charge in [-0.25, -0.2) is 4.79 Å². The minimum absolute atomic E-state index is 0.0962. The number of benzene rings is 1. The summed E-state index contributed by atoms with van der Waals surface area (Å²) in [5.41, 5.74) is 1.16. The highest BCUT2D eigenvalue weighted by Gasteiger charge is 2.35. The Morgan fingerprint density at radius 2 is 1.82 bits per heavy atom. The molecule has 2 aliphatic heterocycles.